The van der Waals surface area contributed by atoms with Crippen molar-refractivity contribution in [2.24, 2.45) is 5.73 Å². The highest BCUT2D eigenvalue weighted by Crippen LogP contribution is 2.35. The third kappa shape index (κ3) is 4.18. The average molecular weight is 270 g/mol. The van der Waals surface area contributed by atoms with E-state index in [9.17, 15) is 0 Å². The summed E-state index contributed by atoms with van der Waals surface area (Å²) >= 11 is 6.33. The quantitative estimate of drug-likeness (QED) is 0.842. The first-order valence-electron chi connectivity index (χ1n) is 6.66. The minimum atomic E-state index is 0.142. The van der Waals surface area contributed by atoms with Gasteiger partial charge in [0.25, 0.3) is 0 Å². The fourth-order valence-corrected chi connectivity index (χ4v) is 2.25. The van der Waals surface area contributed by atoms with E-state index in [0.717, 1.165) is 18.6 Å². The van der Waals surface area contributed by atoms with Crippen LogP contribution in [0.15, 0.2) is 12.1 Å². The Labute approximate surface area is 115 Å². The highest BCUT2D eigenvalue weighted by molar-refractivity contribution is 6.32. The summed E-state index contributed by atoms with van der Waals surface area (Å²) in [5, 5.41) is 0.699. The number of ether oxygens (including phenoxy) is 1. The molecule has 0 aromatic heterocycles. The Kier molecular flexibility index (Phi) is 5.97. The third-order valence-corrected chi connectivity index (χ3v) is 3.04. The molecule has 0 saturated heterocycles. The second-order valence-corrected chi connectivity index (χ2v) is 5.59. The Hall–Kier alpha value is -0.730. The summed E-state index contributed by atoms with van der Waals surface area (Å²) in [5.41, 5.74) is 8.20. The van der Waals surface area contributed by atoms with Crippen molar-refractivity contribution in [3.63, 3.8) is 0 Å². The summed E-state index contributed by atoms with van der Waals surface area (Å²) in [6.45, 7) is 9.10. The Morgan fingerprint density at radius 2 is 1.94 bits per heavy atom. The van der Waals surface area contributed by atoms with E-state index in [-0.39, 0.29) is 6.04 Å². The molecular weight excluding hydrogens is 246 g/mol. The lowest BCUT2D eigenvalue weighted by Gasteiger charge is -2.18. The molecule has 1 unspecified atom stereocenters. The van der Waals surface area contributed by atoms with Crippen LogP contribution in [0.1, 0.15) is 51.2 Å². The van der Waals surface area contributed by atoms with E-state index < -0.39 is 0 Å². The first-order valence-corrected chi connectivity index (χ1v) is 7.04. The molecule has 1 rings (SSSR count). The van der Waals surface area contributed by atoms with Crippen LogP contribution in [0.4, 0.5) is 0 Å². The molecule has 0 aliphatic carbocycles. The second-order valence-electron chi connectivity index (χ2n) is 5.18. The van der Waals surface area contributed by atoms with Crippen LogP contribution in [0.3, 0.4) is 0 Å². The molecule has 0 radical (unpaired) electrons. The van der Waals surface area contributed by atoms with Crippen molar-refractivity contribution in [1.29, 1.82) is 0 Å². The van der Waals surface area contributed by atoms with Gasteiger partial charge in [-0.3, -0.25) is 0 Å². The van der Waals surface area contributed by atoms with Gasteiger partial charge in [-0.05, 0) is 42.9 Å². The molecule has 1 aromatic rings. The molecule has 0 saturated carbocycles. The zero-order valence-electron chi connectivity index (χ0n) is 11.8. The fraction of sp³-hybridized carbons (Fsp3) is 0.600. The van der Waals surface area contributed by atoms with Gasteiger partial charge in [0.15, 0.2) is 0 Å². The Bertz CT molecular complexity index is 388. The van der Waals surface area contributed by atoms with Crippen molar-refractivity contribution < 1.29 is 4.74 Å². The molecule has 0 bridgehead atoms. The van der Waals surface area contributed by atoms with Gasteiger partial charge in [-0.1, -0.05) is 38.4 Å². The summed E-state index contributed by atoms with van der Waals surface area (Å²) in [5.74, 6) is 1.23. The van der Waals surface area contributed by atoms with Gasteiger partial charge in [0.2, 0.25) is 0 Å². The number of hydrogen-bond acceptors (Lipinski definition) is 2. The van der Waals surface area contributed by atoms with E-state index in [1.54, 1.807) is 0 Å². The van der Waals surface area contributed by atoms with Gasteiger partial charge in [0, 0.05) is 6.04 Å². The number of halogens is 1. The van der Waals surface area contributed by atoms with Gasteiger partial charge < -0.3 is 10.5 Å². The molecule has 0 amide bonds. The van der Waals surface area contributed by atoms with Gasteiger partial charge in [-0.2, -0.15) is 0 Å². The fourth-order valence-electron chi connectivity index (χ4n) is 1.95. The molecule has 0 fully saturated rings. The van der Waals surface area contributed by atoms with Crippen LogP contribution in [0.5, 0.6) is 5.75 Å². The average Bonchev–Trinajstić information content (AvgIpc) is 2.26. The molecule has 0 spiro atoms. The minimum absolute atomic E-state index is 0.142. The van der Waals surface area contributed by atoms with Crippen LogP contribution in [-0.2, 0) is 6.42 Å². The van der Waals surface area contributed by atoms with E-state index in [0.29, 0.717) is 17.5 Å². The number of rotatable bonds is 6. The largest absolute Gasteiger partial charge is 0.492 e. The Balaban J connectivity index is 3.09. The number of nitrogens with two attached hydrogens (primary N) is 1. The molecule has 2 N–H and O–H groups in total. The van der Waals surface area contributed by atoms with Crippen LogP contribution in [0.25, 0.3) is 0 Å². The molecular formula is C15H24ClNO. The van der Waals surface area contributed by atoms with E-state index in [1.807, 2.05) is 13.0 Å². The zero-order valence-corrected chi connectivity index (χ0v) is 12.6. The molecule has 3 heteroatoms. The topological polar surface area (TPSA) is 35.2 Å². The first-order chi connectivity index (χ1) is 8.45. The summed E-state index contributed by atoms with van der Waals surface area (Å²) in [6.07, 6.45) is 1.82. The SMILES string of the molecule is CCCOc1c(Cl)cc(CC(C)N)cc1C(C)C. The van der Waals surface area contributed by atoms with Gasteiger partial charge in [-0.15, -0.1) is 0 Å². The maximum absolute atomic E-state index is 6.33. The molecule has 18 heavy (non-hydrogen) atoms. The van der Waals surface area contributed by atoms with E-state index in [2.05, 4.69) is 26.8 Å². The maximum atomic E-state index is 6.33. The highest BCUT2D eigenvalue weighted by atomic mass is 35.5. The van der Waals surface area contributed by atoms with Crippen molar-refractivity contribution in [1.82, 2.24) is 0 Å². The minimum Gasteiger partial charge on any atom is -0.492 e. The summed E-state index contributed by atoms with van der Waals surface area (Å²) in [6, 6.07) is 4.29. The predicted molar refractivity (Wildman–Crippen MR) is 78.7 cm³/mol. The lowest BCUT2D eigenvalue weighted by atomic mass is 9.97. The maximum Gasteiger partial charge on any atom is 0.141 e. The van der Waals surface area contributed by atoms with E-state index in [1.165, 1.54) is 11.1 Å². The monoisotopic (exact) mass is 269 g/mol. The smallest absolute Gasteiger partial charge is 0.141 e. The van der Waals surface area contributed by atoms with Crippen LogP contribution >= 0.6 is 11.6 Å². The lowest BCUT2D eigenvalue weighted by Crippen LogP contribution is -2.18. The number of benzene rings is 1. The van der Waals surface area contributed by atoms with Crippen molar-refractivity contribution in [3.8, 4) is 5.75 Å². The summed E-state index contributed by atoms with van der Waals surface area (Å²) in [7, 11) is 0. The third-order valence-electron chi connectivity index (χ3n) is 2.76. The van der Waals surface area contributed by atoms with E-state index >= 15 is 0 Å². The van der Waals surface area contributed by atoms with Crippen LogP contribution in [-0.4, -0.2) is 12.6 Å². The summed E-state index contributed by atoms with van der Waals surface area (Å²) in [4.78, 5) is 0. The van der Waals surface area contributed by atoms with Crippen molar-refractivity contribution in [2.45, 2.75) is 52.5 Å². The molecule has 0 aliphatic rings. The van der Waals surface area contributed by atoms with Crippen molar-refractivity contribution >= 4 is 11.6 Å². The van der Waals surface area contributed by atoms with E-state index in [4.69, 9.17) is 22.1 Å². The molecule has 2 nitrogen and oxygen atoms in total. The summed E-state index contributed by atoms with van der Waals surface area (Å²) < 4.78 is 5.78. The van der Waals surface area contributed by atoms with Crippen molar-refractivity contribution in [2.75, 3.05) is 6.61 Å². The zero-order chi connectivity index (χ0) is 13.7. The normalized spacial score (nSPS) is 12.8. The number of hydrogen-bond donors (Lipinski definition) is 1. The van der Waals surface area contributed by atoms with Gasteiger partial charge in [-0.25, -0.2) is 0 Å². The van der Waals surface area contributed by atoms with Gasteiger partial charge in [0.1, 0.15) is 5.75 Å². The molecule has 1 atom stereocenters. The molecule has 102 valence electrons. The predicted octanol–water partition coefficient (Wildman–Crippen LogP) is 4.14. The Morgan fingerprint density at radius 3 is 2.44 bits per heavy atom. The van der Waals surface area contributed by atoms with Gasteiger partial charge in [0.05, 0.1) is 11.6 Å². The van der Waals surface area contributed by atoms with Crippen LogP contribution in [0.2, 0.25) is 5.02 Å². The Morgan fingerprint density at radius 1 is 1.28 bits per heavy atom. The van der Waals surface area contributed by atoms with Crippen LogP contribution < -0.4 is 10.5 Å². The standard InChI is InChI=1S/C15H24ClNO/c1-5-6-18-15-13(10(2)3)8-12(7-11(4)17)9-14(15)16/h8-11H,5-7,17H2,1-4H3. The highest BCUT2D eigenvalue weighted by Gasteiger charge is 2.14. The molecule has 1 aromatic carbocycles. The van der Waals surface area contributed by atoms with Gasteiger partial charge >= 0.3 is 0 Å². The van der Waals surface area contributed by atoms with Crippen LogP contribution in [0, 0.1) is 0 Å². The second kappa shape index (κ2) is 7.01. The lowest BCUT2D eigenvalue weighted by molar-refractivity contribution is 0.313. The van der Waals surface area contributed by atoms with Crippen molar-refractivity contribution in [3.05, 3.63) is 28.3 Å². The molecule has 0 heterocycles. The molecule has 0 aliphatic heterocycles. The first kappa shape index (κ1) is 15.3.